The van der Waals surface area contributed by atoms with Gasteiger partial charge in [-0.1, -0.05) is 0 Å². The maximum absolute atomic E-state index is 11.1. The van der Waals surface area contributed by atoms with Crippen molar-refractivity contribution in [2.45, 2.75) is 0 Å². The molecule has 0 radical (unpaired) electrons. The molecule has 1 aromatic carbocycles. The number of aromatic hydroxyl groups is 2. The maximum atomic E-state index is 11.1. The number of hydrogen-bond donors (Lipinski definition) is 2. The maximum Gasteiger partial charge on any atom is 0.315 e. The molecule has 0 aliphatic rings. The lowest BCUT2D eigenvalue weighted by molar-refractivity contribution is -0.386. The number of nitrogens with zero attached hydrogens (tertiary/aromatic N) is 1. The van der Waals surface area contributed by atoms with Crippen LogP contribution in [0.3, 0.4) is 0 Å². The monoisotopic (exact) mass is 231 g/mol. The molecule has 0 aliphatic carbocycles. The Morgan fingerprint density at radius 1 is 1.47 bits per heavy atom. The molecule has 0 amide bonds. The van der Waals surface area contributed by atoms with E-state index >= 15 is 0 Å². The third kappa shape index (κ3) is 2.16. The SMILES string of the molecule is O=C(CCl)c1cc(O)c(O)c([N+](=O)[O-])c1. The Kier molecular flexibility index (Phi) is 3.11. The summed E-state index contributed by atoms with van der Waals surface area (Å²) < 4.78 is 0. The van der Waals surface area contributed by atoms with Crippen LogP contribution in [0.15, 0.2) is 12.1 Å². The second kappa shape index (κ2) is 4.14. The summed E-state index contributed by atoms with van der Waals surface area (Å²) in [6.07, 6.45) is 0. The van der Waals surface area contributed by atoms with E-state index in [4.69, 9.17) is 21.8 Å². The van der Waals surface area contributed by atoms with E-state index in [2.05, 4.69) is 0 Å². The molecule has 0 unspecified atom stereocenters. The number of nitro groups is 1. The van der Waals surface area contributed by atoms with Gasteiger partial charge in [0.1, 0.15) is 0 Å². The van der Waals surface area contributed by atoms with Gasteiger partial charge in [-0.15, -0.1) is 11.6 Å². The number of benzene rings is 1. The third-order valence-corrected chi connectivity index (χ3v) is 1.95. The van der Waals surface area contributed by atoms with Crippen molar-refractivity contribution >= 4 is 23.1 Å². The van der Waals surface area contributed by atoms with Crippen LogP contribution < -0.4 is 0 Å². The van der Waals surface area contributed by atoms with Gasteiger partial charge in [0, 0.05) is 11.6 Å². The predicted octanol–water partition coefficient (Wildman–Crippen LogP) is 1.43. The zero-order chi connectivity index (χ0) is 11.6. The summed E-state index contributed by atoms with van der Waals surface area (Å²) in [4.78, 5) is 20.6. The minimum Gasteiger partial charge on any atom is -0.504 e. The molecule has 0 atom stereocenters. The van der Waals surface area contributed by atoms with Crippen molar-refractivity contribution in [3.63, 3.8) is 0 Å². The third-order valence-electron chi connectivity index (χ3n) is 1.71. The first kappa shape index (κ1) is 11.3. The highest BCUT2D eigenvalue weighted by molar-refractivity contribution is 6.30. The minimum absolute atomic E-state index is 0.119. The number of halogens is 1. The number of rotatable bonds is 3. The zero-order valence-electron chi connectivity index (χ0n) is 7.31. The van der Waals surface area contributed by atoms with Crippen molar-refractivity contribution in [1.82, 2.24) is 0 Å². The molecule has 1 aromatic rings. The van der Waals surface area contributed by atoms with Crippen LogP contribution >= 0.6 is 11.6 Å². The average molecular weight is 232 g/mol. The van der Waals surface area contributed by atoms with Crippen LogP contribution in [0, 0.1) is 10.1 Å². The molecule has 0 aliphatic heterocycles. The molecule has 80 valence electrons. The van der Waals surface area contributed by atoms with E-state index in [9.17, 15) is 14.9 Å². The van der Waals surface area contributed by atoms with Crippen LogP contribution in [0.4, 0.5) is 5.69 Å². The molecule has 2 N–H and O–H groups in total. The van der Waals surface area contributed by atoms with Crippen molar-refractivity contribution in [1.29, 1.82) is 0 Å². The van der Waals surface area contributed by atoms with E-state index in [0.717, 1.165) is 12.1 Å². The summed E-state index contributed by atoms with van der Waals surface area (Å²) in [6, 6.07) is 1.78. The van der Waals surface area contributed by atoms with E-state index in [1.54, 1.807) is 0 Å². The van der Waals surface area contributed by atoms with E-state index in [0.29, 0.717) is 0 Å². The van der Waals surface area contributed by atoms with Crippen molar-refractivity contribution in [2.24, 2.45) is 0 Å². The minimum atomic E-state index is -0.903. The van der Waals surface area contributed by atoms with Crippen LogP contribution in [0.2, 0.25) is 0 Å². The normalized spacial score (nSPS) is 9.93. The largest absolute Gasteiger partial charge is 0.504 e. The Morgan fingerprint density at radius 2 is 2.07 bits per heavy atom. The molecular weight excluding hydrogens is 226 g/mol. The fourth-order valence-electron chi connectivity index (χ4n) is 0.982. The molecule has 0 spiro atoms. The van der Waals surface area contributed by atoms with Gasteiger partial charge < -0.3 is 10.2 Å². The lowest BCUT2D eigenvalue weighted by atomic mass is 10.1. The molecule has 0 fully saturated rings. The molecule has 1 rings (SSSR count). The Bertz CT molecular complexity index is 431. The molecule has 0 saturated heterocycles. The highest BCUT2D eigenvalue weighted by Crippen LogP contribution is 2.36. The summed E-state index contributed by atoms with van der Waals surface area (Å²) >= 11 is 5.25. The zero-order valence-corrected chi connectivity index (χ0v) is 8.06. The Balaban J connectivity index is 3.35. The summed E-state index contributed by atoms with van der Waals surface area (Å²) in [5, 5.41) is 28.7. The molecule has 0 heterocycles. The van der Waals surface area contributed by atoms with Gasteiger partial charge in [0.25, 0.3) is 0 Å². The number of phenols is 2. The molecular formula is C8H6ClNO5. The standard InChI is InChI=1S/C8H6ClNO5/c9-3-7(12)4-1-5(10(14)15)8(13)6(11)2-4/h1-2,11,13H,3H2. The summed E-state index contributed by atoms with van der Waals surface area (Å²) in [5.41, 5.74) is -0.851. The van der Waals surface area contributed by atoms with Crippen LogP contribution in [0.5, 0.6) is 11.5 Å². The van der Waals surface area contributed by atoms with Crippen LogP contribution in [-0.2, 0) is 0 Å². The second-order valence-electron chi connectivity index (χ2n) is 2.68. The van der Waals surface area contributed by atoms with Gasteiger partial charge in [-0.2, -0.15) is 0 Å². The van der Waals surface area contributed by atoms with Crippen LogP contribution in [-0.4, -0.2) is 26.8 Å². The Labute approximate surface area is 88.9 Å². The number of ketones is 1. The summed E-state index contributed by atoms with van der Waals surface area (Å²) in [7, 11) is 0. The van der Waals surface area contributed by atoms with E-state index in [1.165, 1.54) is 0 Å². The molecule has 7 heteroatoms. The highest BCUT2D eigenvalue weighted by atomic mass is 35.5. The number of Topliss-reactive ketones (excluding diaryl/α,β-unsaturated/α-hetero) is 1. The molecule has 6 nitrogen and oxygen atoms in total. The van der Waals surface area contributed by atoms with Gasteiger partial charge in [-0.3, -0.25) is 14.9 Å². The first-order chi connectivity index (χ1) is 6.97. The number of carbonyl (C=O) groups excluding carboxylic acids is 1. The van der Waals surface area contributed by atoms with E-state index in [-0.39, 0.29) is 11.4 Å². The number of phenolic OH excluding ortho intramolecular Hbond substituents is 2. The number of alkyl halides is 1. The first-order valence-corrected chi connectivity index (χ1v) is 4.30. The first-order valence-electron chi connectivity index (χ1n) is 3.77. The van der Waals surface area contributed by atoms with Gasteiger partial charge in [-0.05, 0) is 6.07 Å². The van der Waals surface area contributed by atoms with Gasteiger partial charge >= 0.3 is 5.69 Å². The van der Waals surface area contributed by atoms with Crippen molar-refractivity contribution in [3.8, 4) is 11.5 Å². The Morgan fingerprint density at radius 3 is 2.53 bits per heavy atom. The van der Waals surface area contributed by atoms with Gasteiger partial charge in [-0.25, -0.2) is 0 Å². The molecule has 0 aromatic heterocycles. The highest BCUT2D eigenvalue weighted by Gasteiger charge is 2.20. The van der Waals surface area contributed by atoms with Crippen LogP contribution in [0.25, 0.3) is 0 Å². The molecule has 0 bridgehead atoms. The van der Waals surface area contributed by atoms with E-state index in [1.807, 2.05) is 0 Å². The topological polar surface area (TPSA) is 101 Å². The van der Waals surface area contributed by atoms with Gasteiger partial charge in [0.05, 0.1) is 10.8 Å². The fraction of sp³-hybridized carbons (Fsp3) is 0.125. The number of hydrogen-bond acceptors (Lipinski definition) is 5. The van der Waals surface area contributed by atoms with Crippen LogP contribution in [0.1, 0.15) is 10.4 Å². The van der Waals surface area contributed by atoms with Crippen molar-refractivity contribution in [2.75, 3.05) is 5.88 Å². The van der Waals surface area contributed by atoms with Gasteiger partial charge in [0.15, 0.2) is 11.5 Å². The molecule has 0 saturated carbocycles. The summed E-state index contributed by atoms with van der Waals surface area (Å²) in [5.74, 6) is -2.53. The number of nitro benzene ring substituents is 1. The van der Waals surface area contributed by atoms with E-state index < -0.39 is 27.9 Å². The lowest BCUT2D eigenvalue weighted by Crippen LogP contribution is -2.01. The molecule has 15 heavy (non-hydrogen) atoms. The Hall–Kier alpha value is -1.82. The number of carbonyl (C=O) groups is 1. The van der Waals surface area contributed by atoms with Gasteiger partial charge in [0.2, 0.25) is 5.75 Å². The predicted molar refractivity (Wildman–Crippen MR) is 51.5 cm³/mol. The second-order valence-corrected chi connectivity index (χ2v) is 2.94. The fourth-order valence-corrected chi connectivity index (χ4v) is 1.14. The quantitative estimate of drug-likeness (QED) is 0.269. The van der Waals surface area contributed by atoms with Crippen molar-refractivity contribution < 1.29 is 19.9 Å². The van der Waals surface area contributed by atoms with Crippen molar-refractivity contribution in [3.05, 3.63) is 27.8 Å². The lowest BCUT2D eigenvalue weighted by Gasteiger charge is -2.02. The smallest absolute Gasteiger partial charge is 0.315 e. The average Bonchev–Trinajstić information content (AvgIpc) is 2.20. The summed E-state index contributed by atoms with van der Waals surface area (Å²) in [6.45, 7) is 0.